The summed E-state index contributed by atoms with van der Waals surface area (Å²) in [5, 5.41) is 33.6. The highest BCUT2D eigenvalue weighted by Gasteiger charge is 2.54. The largest absolute Gasteiger partial charge is 0.477 e. The van der Waals surface area contributed by atoms with Gasteiger partial charge in [0.1, 0.15) is 22.8 Å². The van der Waals surface area contributed by atoms with Gasteiger partial charge < -0.3 is 21.4 Å². The number of aliphatic carboxylic acids is 1. The van der Waals surface area contributed by atoms with Crippen LogP contribution in [0.4, 0.5) is 5.13 Å². The predicted octanol–water partition coefficient (Wildman–Crippen LogP) is 0.727. The summed E-state index contributed by atoms with van der Waals surface area (Å²) in [6.45, 7) is 0. The minimum Gasteiger partial charge on any atom is -0.477 e. The van der Waals surface area contributed by atoms with Crippen LogP contribution in [0.3, 0.4) is 0 Å². The molecule has 2 aromatic heterocycles. The van der Waals surface area contributed by atoms with E-state index in [2.05, 4.69) is 25.7 Å². The number of rotatable bonds is 7. The maximum atomic E-state index is 12.7. The second-order valence-corrected chi connectivity index (χ2v) is 9.41. The van der Waals surface area contributed by atoms with E-state index in [-0.39, 0.29) is 22.2 Å². The van der Waals surface area contributed by atoms with Gasteiger partial charge in [0.2, 0.25) is 0 Å². The van der Waals surface area contributed by atoms with Gasteiger partial charge in [-0.05, 0) is 11.5 Å². The van der Waals surface area contributed by atoms with Gasteiger partial charge in [0.15, 0.2) is 10.8 Å². The number of anilines is 1. The highest BCUT2D eigenvalue weighted by Crippen LogP contribution is 2.43. The summed E-state index contributed by atoms with van der Waals surface area (Å²) in [5.74, 6) is -2.28. The summed E-state index contributed by atoms with van der Waals surface area (Å²) in [4.78, 5) is 42.7. The number of thioether (sulfide) groups is 2. The molecule has 4 rings (SSSR count). The fraction of sp³-hybridized carbons (Fsp3) is 0.176. The number of aromatic nitrogens is 3. The molecule has 0 saturated carbocycles. The molecular weight excluding hydrogens is 478 g/mol. The first-order valence-corrected chi connectivity index (χ1v) is 11.7. The van der Waals surface area contributed by atoms with E-state index in [1.165, 1.54) is 28.9 Å². The van der Waals surface area contributed by atoms with Gasteiger partial charge in [-0.2, -0.15) is 5.10 Å². The minimum atomic E-state index is -1.23. The van der Waals surface area contributed by atoms with E-state index in [0.29, 0.717) is 10.7 Å². The van der Waals surface area contributed by atoms with Crippen molar-refractivity contribution in [2.45, 2.75) is 11.4 Å². The number of carbonyl (C=O) groups excluding carboxylic acids is 2. The number of fused-ring (bicyclic) bond motifs is 1. The van der Waals surface area contributed by atoms with Crippen LogP contribution in [0.5, 0.6) is 0 Å². The standard InChI is InChI=1S/C17H15N7O5S3/c18-17-21-8(5-32-17)10(23-29)13(25)22-11-14(26)24-12(16(27)28)9(6-31-15(11)24)30-2-1-7-3-19-20-4-7/h1-5,11,15,29H,6H2,(H2,18,21)(H,19,20)(H,22,25)(H,27,28)/b2-1+,23-10-/t11-,15-/m1/s1. The van der Waals surface area contributed by atoms with Crippen molar-refractivity contribution < 1.29 is 24.7 Å². The molecule has 0 bridgehead atoms. The number of amides is 2. The zero-order chi connectivity index (χ0) is 22.8. The first kappa shape index (κ1) is 21.9. The summed E-state index contributed by atoms with van der Waals surface area (Å²) in [7, 11) is 0. The van der Waals surface area contributed by atoms with E-state index in [0.717, 1.165) is 21.8 Å². The fourth-order valence-corrected chi connectivity index (χ4v) is 5.95. The molecule has 15 heteroatoms. The normalized spacial score (nSPS) is 20.9. The maximum Gasteiger partial charge on any atom is 0.353 e. The summed E-state index contributed by atoms with van der Waals surface area (Å²) in [5.41, 5.74) is 5.93. The number of thiazole rings is 1. The molecule has 2 aromatic rings. The number of nitrogens with one attached hydrogen (secondary N) is 2. The van der Waals surface area contributed by atoms with Crippen molar-refractivity contribution in [1.82, 2.24) is 25.4 Å². The van der Waals surface area contributed by atoms with Gasteiger partial charge >= 0.3 is 5.97 Å². The predicted molar refractivity (Wildman–Crippen MR) is 120 cm³/mol. The van der Waals surface area contributed by atoms with Crippen molar-refractivity contribution in [3.05, 3.63) is 45.0 Å². The van der Waals surface area contributed by atoms with Gasteiger partial charge in [-0.3, -0.25) is 19.6 Å². The molecule has 12 nitrogen and oxygen atoms in total. The van der Waals surface area contributed by atoms with Crippen LogP contribution in [-0.2, 0) is 14.4 Å². The van der Waals surface area contributed by atoms with Crippen molar-refractivity contribution in [2.24, 2.45) is 5.16 Å². The van der Waals surface area contributed by atoms with Crippen LogP contribution in [0.2, 0.25) is 0 Å². The number of aromatic amines is 1. The molecule has 166 valence electrons. The van der Waals surface area contributed by atoms with Crippen molar-refractivity contribution in [2.75, 3.05) is 11.5 Å². The summed E-state index contributed by atoms with van der Waals surface area (Å²) in [6.07, 6.45) is 5.07. The molecule has 4 heterocycles. The lowest BCUT2D eigenvalue weighted by atomic mass is 10.0. The highest BCUT2D eigenvalue weighted by molar-refractivity contribution is 8.08. The van der Waals surface area contributed by atoms with E-state index < -0.39 is 29.2 Å². The number of H-pyrrole nitrogens is 1. The van der Waals surface area contributed by atoms with Crippen LogP contribution < -0.4 is 11.1 Å². The van der Waals surface area contributed by atoms with Gasteiger partial charge in [0, 0.05) is 27.8 Å². The Bertz CT molecular complexity index is 1160. The number of nitrogens with two attached hydrogens (primary N) is 1. The molecule has 1 fully saturated rings. The molecule has 2 amide bonds. The minimum absolute atomic E-state index is 0.0710. The van der Waals surface area contributed by atoms with E-state index in [4.69, 9.17) is 5.73 Å². The third-order valence-electron chi connectivity index (χ3n) is 4.49. The molecule has 0 radical (unpaired) electrons. The molecule has 0 aromatic carbocycles. The first-order valence-electron chi connectivity index (χ1n) is 8.88. The topological polar surface area (TPSA) is 187 Å². The average molecular weight is 494 g/mol. The Hall–Kier alpha value is -3.30. The van der Waals surface area contributed by atoms with Gasteiger partial charge in [0.25, 0.3) is 11.8 Å². The van der Waals surface area contributed by atoms with Gasteiger partial charge in [-0.25, -0.2) is 9.78 Å². The van der Waals surface area contributed by atoms with Crippen molar-refractivity contribution in [3.63, 3.8) is 0 Å². The molecular formula is C17H15N7O5S3. The molecule has 2 aliphatic heterocycles. The Kier molecular flexibility index (Phi) is 6.20. The Labute approximate surface area is 192 Å². The Morgan fingerprint density at radius 1 is 1.47 bits per heavy atom. The second-order valence-electron chi connectivity index (χ2n) is 6.41. The van der Waals surface area contributed by atoms with E-state index in [1.807, 2.05) is 0 Å². The van der Waals surface area contributed by atoms with Crippen LogP contribution in [-0.4, -0.2) is 71.1 Å². The van der Waals surface area contributed by atoms with Crippen molar-refractivity contribution in [3.8, 4) is 0 Å². The third kappa shape index (κ3) is 4.09. The second kappa shape index (κ2) is 9.05. The number of nitrogens with zero attached hydrogens (tertiary/aromatic N) is 4. The number of carboxylic acid groups (broad SMARTS) is 1. The Morgan fingerprint density at radius 3 is 2.91 bits per heavy atom. The van der Waals surface area contributed by atoms with Gasteiger partial charge in [0.05, 0.1) is 6.20 Å². The smallest absolute Gasteiger partial charge is 0.353 e. The number of hydrogen-bond donors (Lipinski definition) is 5. The molecule has 6 N–H and O–H groups in total. The van der Waals surface area contributed by atoms with Crippen molar-refractivity contribution >= 4 is 69.6 Å². The van der Waals surface area contributed by atoms with Crippen molar-refractivity contribution in [1.29, 1.82) is 0 Å². The summed E-state index contributed by atoms with van der Waals surface area (Å²) >= 11 is 3.59. The number of carbonyl (C=O) groups is 3. The fourth-order valence-electron chi connectivity index (χ4n) is 3.05. The van der Waals surface area contributed by atoms with Crippen LogP contribution >= 0.6 is 34.9 Å². The number of hydrogen-bond acceptors (Lipinski definition) is 11. The molecule has 1 saturated heterocycles. The zero-order valence-electron chi connectivity index (χ0n) is 16.0. The van der Waals surface area contributed by atoms with E-state index in [9.17, 15) is 24.7 Å². The van der Waals surface area contributed by atoms with Gasteiger partial charge in [-0.15, -0.1) is 23.1 Å². The lowest BCUT2D eigenvalue weighted by Gasteiger charge is -2.49. The lowest BCUT2D eigenvalue weighted by molar-refractivity contribution is -0.150. The Morgan fingerprint density at radius 2 is 2.28 bits per heavy atom. The number of β-lactam (4-membered cyclic amide) rings is 1. The van der Waals surface area contributed by atoms with Gasteiger partial charge in [-0.1, -0.05) is 16.9 Å². The highest BCUT2D eigenvalue weighted by atomic mass is 32.2. The lowest BCUT2D eigenvalue weighted by Crippen LogP contribution is -2.71. The molecule has 0 aliphatic carbocycles. The van der Waals surface area contributed by atoms with Crippen LogP contribution in [0.15, 0.2) is 38.9 Å². The number of carboxylic acids is 1. The SMILES string of the molecule is Nc1nc(/C(=N/O)C(=O)N[C@@H]2C(=O)N3C(C(=O)O)=C(S/C=C/c4cn[nH]c4)CS[C@H]23)cs1. The molecule has 2 aliphatic rings. The number of nitrogen functional groups attached to an aromatic ring is 1. The number of oxime groups is 1. The van der Waals surface area contributed by atoms with Crippen LogP contribution in [0, 0.1) is 0 Å². The maximum absolute atomic E-state index is 12.7. The zero-order valence-corrected chi connectivity index (χ0v) is 18.4. The first-order chi connectivity index (χ1) is 15.4. The molecule has 32 heavy (non-hydrogen) atoms. The van der Waals surface area contributed by atoms with E-state index in [1.54, 1.807) is 23.9 Å². The van der Waals surface area contributed by atoms with Crippen LogP contribution in [0.1, 0.15) is 11.3 Å². The average Bonchev–Trinajstić information content (AvgIpc) is 3.44. The monoisotopic (exact) mass is 493 g/mol. The van der Waals surface area contributed by atoms with Crippen LogP contribution in [0.25, 0.3) is 6.08 Å². The quantitative estimate of drug-likeness (QED) is 0.159. The third-order valence-corrected chi connectivity index (χ3v) is 7.52. The Balaban J connectivity index is 1.48. The molecule has 0 spiro atoms. The molecule has 0 unspecified atom stereocenters. The van der Waals surface area contributed by atoms with E-state index >= 15 is 0 Å². The summed E-state index contributed by atoms with van der Waals surface area (Å²) < 4.78 is 0. The summed E-state index contributed by atoms with van der Waals surface area (Å²) in [6, 6.07) is -0.970. The molecule has 2 atom stereocenters.